The van der Waals surface area contributed by atoms with Gasteiger partial charge >= 0.3 is 0 Å². The molecule has 0 saturated heterocycles. The Morgan fingerprint density at radius 1 is 1.47 bits per heavy atom. The fourth-order valence-corrected chi connectivity index (χ4v) is 4.38. The summed E-state index contributed by atoms with van der Waals surface area (Å²) in [5.41, 5.74) is 0.185. The lowest BCUT2D eigenvalue weighted by atomic mass is 9.75. The number of rotatable bonds is 3. The van der Waals surface area contributed by atoms with Gasteiger partial charge in [-0.3, -0.25) is 0 Å². The highest BCUT2D eigenvalue weighted by Crippen LogP contribution is 2.35. The molecule has 1 aliphatic carbocycles. The predicted octanol–water partition coefficient (Wildman–Crippen LogP) is 2.98. The Bertz CT molecular complexity index is 558. The van der Waals surface area contributed by atoms with Gasteiger partial charge < -0.3 is 0 Å². The van der Waals surface area contributed by atoms with Gasteiger partial charge in [-0.2, -0.15) is 0 Å². The van der Waals surface area contributed by atoms with Crippen LogP contribution in [0.25, 0.3) is 0 Å². The second-order valence-electron chi connectivity index (χ2n) is 5.87. The quantitative estimate of drug-likeness (QED) is 0.873. The van der Waals surface area contributed by atoms with Crippen molar-refractivity contribution in [2.45, 2.75) is 50.5 Å². The van der Waals surface area contributed by atoms with Crippen molar-refractivity contribution in [2.75, 3.05) is 0 Å². The molecule has 0 aliphatic heterocycles. The van der Waals surface area contributed by atoms with Gasteiger partial charge in [0.15, 0.2) is 0 Å². The molecule has 1 saturated carbocycles. The minimum atomic E-state index is -3.59. The van der Waals surface area contributed by atoms with E-state index in [1.165, 1.54) is 12.3 Å². The zero-order valence-corrected chi connectivity index (χ0v) is 12.8. The summed E-state index contributed by atoms with van der Waals surface area (Å²) in [7, 11) is -3.59. The number of nitrogens with one attached hydrogen (secondary N) is 1. The minimum Gasteiger partial charge on any atom is -0.243 e. The fraction of sp³-hybridized carbons (Fsp3) is 0.615. The zero-order chi connectivity index (χ0) is 14.1. The minimum absolute atomic E-state index is 0.0186. The van der Waals surface area contributed by atoms with Crippen molar-refractivity contribution < 1.29 is 8.42 Å². The lowest BCUT2D eigenvalue weighted by Crippen LogP contribution is -2.40. The van der Waals surface area contributed by atoms with E-state index in [1.54, 1.807) is 6.07 Å². The van der Waals surface area contributed by atoms with Crippen LogP contribution in [0.15, 0.2) is 23.2 Å². The van der Waals surface area contributed by atoms with Gasteiger partial charge in [0.1, 0.15) is 10.0 Å². The molecule has 1 aliphatic rings. The number of hydrogen-bond donors (Lipinski definition) is 1. The Morgan fingerprint density at radius 3 is 2.84 bits per heavy atom. The molecule has 1 aromatic heterocycles. The number of hydrogen-bond acceptors (Lipinski definition) is 3. The molecule has 19 heavy (non-hydrogen) atoms. The second kappa shape index (κ2) is 5.38. The van der Waals surface area contributed by atoms with E-state index in [2.05, 4.69) is 23.6 Å². The van der Waals surface area contributed by atoms with Gasteiger partial charge in [0.2, 0.25) is 10.0 Å². The number of halogens is 1. The summed E-state index contributed by atoms with van der Waals surface area (Å²) >= 11 is 5.85. The molecular weight excluding hydrogens is 284 g/mol. The van der Waals surface area contributed by atoms with Crippen LogP contribution in [0, 0.1) is 5.41 Å². The Morgan fingerprint density at radius 2 is 2.21 bits per heavy atom. The monoisotopic (exact) mass is 302 g/mol. The average Bonchev–Trinajstić information content (AvgIpc) is 2.27. The third-order valence-electron chi connectivity index (χ3n) is 3.54. The summed E-state index contributed by atoms with van der Waals surface area (Å²) in [5.74, 6) is 0. The Labute approximate surface area is 119 Å². The van der Waals surface area contributed by atoms with Gasteiger partial charge in [0.05, 0.1) is 0 Å². The number of sulfonamides is 1. The molecular formula is C13H19ClN2O2S. The second-order valence-corrected chi connectivity index (χ2v) is 7.91. The van der Waals surface area contributed by atoms with Crippen molar-refractivity contribution in [1.29, 1.82) is 0 Å². The van der Waals surface area contributed by atoms with Crippen LogP contribution in [0.2, 0.25) is 5.15 Å². The van der Waals surface area contributed by atoms with E-state index < -0.39 is 10.0 Å². The van der Waals surface area contributed by atoms with Crippen LogP contribution in [0.3, 0.4) is 0 Å². The van der Waals surface area contributed by atoms with Gasteiger partial charge in [-0.1, -0.05) is 31.9 Å². The molecule has 0 aromatic carbocycles. The highest BCUT2D eigenvalue weighted by molar-refractivity contribution is 7.89. The largest absolute Gasteiger partial charge is 0.243 e. The van der Waals surface area contributed by atoms with Crippen molar-refractivity contribution in [3.8, 4) is 0 Å². The molecule has 1 N–H and O–H groups in total. The normalized spacial score (nSPS) is 23.2. The molecule has 1 fully saturated rings. The van der Waals surface area contributed by atoms with Crippen LogP contribution in [0.1, 0.15) is 39.5 Å². The first kappa shape index (κ1) is 14.8. The molecule has 0 spiro atoms. The Hall–Kier alpha value is -0.650. The average molecular weight is 303 g/mol. The smallest absolute Gasteiger partial charge is 0.243 e. The SMILES string of the molecule is CC1(C)CCCC(NS(=O)(=O)c2cccnc2Cl)C1. The fourth-order valence-electron chi connectivity index (χ4n) is 2.65. The van der Waals surface area contributed by atoms with Crippen molar-refractivity contribution in [3.63, 3.8) is 0 Å². The van der Waals surface area contributed by atoms with Crippen LogP contribution in [-0.4, -0.2) is 19.4 Å². The molecule has 0 amide bonds. The molecule has 0 bridgehead atoms. The number of aromatic nitrogens is 1. The van der Waals surface area contributed by atoms with Crippen molar-refractivity contribution in [3.05, 3.63) is 23.5 Å². The van der Waals surface area contributed by atoms with Gasteiger partial charge in [-0.05, 0) is 36.8 Å². The summed E-state index contributed by atoms with van der Waals surface area (Å²) in [5, 5.41) is 0.0186. The molecule has 2 rings (SSSR count). The molecule has 4 nitrogen and oxygen atoms in total. The summed E-state index contributed by atoms with van der Waals surface area (Å²) < 4.78 is 27.3. The molecule has 0 radical (unpaired) electrons. The summed E-state index contributed by atoms with van der Waals surface area (Å²) in [6.07, 6.45) is 5.38. The van der Waals surface area contributed by atoms with Gasteiger partial charge in [-0.15, -0.1) is 0 Å². The highest BCUT2D eigenvalue weighted by atomic mass is 35.5. The standard InChI is InChI=1S/C13H19ClN2O2S/c1-13(2)7-3-5-10(9-13)16-19(17,18)11-6-4-8-15-12(11)14/h4,6,8,10,16H,3,5,7,9H2,1-2H3. The number of nitrogens with zero attached hydrogens (tertiary/aromatic N) is 1. The first-order valence-electron chi connectivity index (χ1n) is 6.43. The first-order valence-corrected chi connectivity index (χ1v) is 8.29. The van der Waals surface area contributed by atoms with E-state index in [4.69, 9.17) is 11.6 Å². The van der Waals surface area contributed by atoms with Crippen molar-refractivity contribution in [2.24, 2.45) is 5.41 Å². The van der Waals surface area contributed by atoms with E-state index in [9.17, 15) is 8.42 Å². The van der Waals surface area contributed by atoms with E-state index in [0.29, 0.717) is 0 Å². The summed E-state index contributed by atoms with van der Waals surface area (Å²) in [4.78, 5) is 3.87. The van der Waals surface area contributed by atoms with Crippen LogP contribution in [-0.2, 0) is 10.0 Å². The topological polar surface area (TPSA) is 59.1 Å². The van der Waals surface area contributed by atoms with Gasteiger partial charge in [-0.25, -0.2) is 18.1 Å². The lowest BCUT2D eigenvalue weighted by molar-refractivity contribution is 0.212. The number of pyridine rings is 1. The molecule has 1 heterocycles. The molecule has 1 aromatic rings. The predicted molar refractivity (Wildman–Crippen MR) is 75.6 cm³/mol. The van der Waals surface area contributed by atoms with Crippen LogP contribution >= 0.6 is 11.6 Å². The van der Waals surface area contributed by atoms with Gasteiger partial charge in [0.25, 0.3) is 0 Å². The lowest BCUT2D eigenvalue weighted by Gasteiger charge is -2.35. The van der Waals surface area contributed by atoms with Crippen molar-refractivity contribution >= 4 is 21.6 Å². The molecule has 6 heteroatoms. The van der Waals surface area contributed by atoms with Gasteiger partial charge in [0, 0.05) is 12.2 Å². The van der Waals surface area contributed by atoms with Crippen molar-refractivity contribution in [1.82, 2.24) is 9.71 Å². The third-order valence-corrected chi connectivity index (χ3v) is 5.51. The Kier molecular flexibility index (Phi) is 4.18. The first-order chi connectivity index (χ1) is 8.80. The maximum absolute atomic E-state index is 12.3. The Balaban J connectivity index is 2.16. The third kappa shape index (κ3) is 3.68. The van der Waals surface area contributed by atoms with E-state index in [1.807, 2.05) is 0 Å². The molecule has 106 valence electrons. The highest BCUT2D eigenvalue weighted by Gasteiger charge is 2.31. The molecule has 1 atom stereocenters. The summed E-state index contributed by atoms with van der Waals surface area (Å²) in [6, 6.07) is 3.03. The van der Waals surface area contributed by atoms with Crippen LogP contribution in [0.4, 0.5) is 0 Å². The van der Waals surface area contributed by atoms with E-state index >= 15 is 0 Å². The van der Waals surface area contributed by atoms with Crippen LogP contribution < -0.4 is 4.72 Å². The van der Waals surface area contributed by atoms with E-state index in [-0.39, 0.29) is 21.5 Å². The van der Waals surface area contributed by atoms with E-state index in [0.717, 1.165) is 25.7 Å². The zero-order valence-electron chi connectivity index (χ0n) is 11.2. The maximum atomic E-state index is 12.3. The van der Waals surface area contributed by atoms with Crippen LogP contribution in [0.5, 0.6) is 0 Å². The maximum Gasteiger partial charge on any atom is 0.243 e. The summed E-state index contributed by atoms with van der Waals surface area (Å²) in [6.45, 7) is 4.34. The molecule has 1 unspecified atom stereocenters.